The number of hydrogen-bond donors (Lipinski definition) is 2. The highest BCUT2D eigenvalue weighted by Gasteiger charge is 2.38. The van der Waals surface area contributed by atoms with Gasteiger partial charge in [0.05, 0.1) is 13.2 Å². The van der Waals surface area contributed by atoms with Gasteiger partial charge in [-0.25, -0.2) is 0 Å². The van der Waals surface area contributed by atoms with Crippen LogP contribution in [0.15, 0.2) is 0 Å². The number of rotatable bonds is 3. The van der Waals surface area contributed by atoms with Crippen LogP contribution in [-0.2, 0) is 14.3 Å². The second-order valence-corrected chi connectivity index (χ2v) is 6.48. The molecule has 3 fully saturated rings. The number of hydrogen-bond acceptors (Lipinski definition) is 4. The molecular formula is C15H25N3O3. The van der Waals surface area contributed by atoms with Crippen LogP contribution < -0.4 is 10.6 Å². The molecule has 2 aliphatic heterocycles. The first-order chi connectivity index (χ1) is 10.1. The lowest BCUT2D eigenvalue weighted by molar-refractivity contribution is -0.152. The summed E-state index contributed by atoms with van der Waals surface area (Å²) in [4.78, 5) is 26.8. The Labute approximate surface area is 125 Å². The normalized spacial score (nSPS) is 33.6. The Hall–Kier alpha value is -1.14. The van der Waals surface area contributed by atoms with E-state index in [1.54, 1.807) is 4.90 Å². The molecule has 0 spiro atoms. The van der Waals surface area contributed by atoms with Gasteiger partial charge in [-0.05, 0) is 39.2 Å². The Kier molecular flexibility index (Phi) is 4.45. The third-order valence-corrected chi connectivity index (χ3v) is 4.61. The molecule has 2 amide bonds. The zero-order valence-electron chi connectivity index (χ0n) is 12.6. The van der Waals surface area contributed by atoms with E-state index in [-0.39, 0.29) is 17.7 Å². The molecule has 0 aromatic carbocycles. The van der Waals surface area contributed by atoms with Gasteiger partial charge in [-0.2, -0.15) is 0 Å². The molecule has 3 aliphatic rings. The number of amides is 2. The molecule has 3 rings (SSSR count). The van der Waals surface area contributed by atoms with Crippen molar-refractivity contribution < 1.29 is 14.3 Å². The second kappa shape index (κ2) is 6.32. The van der Waals surface area contributed by atoms with Gasteiger partial charge in [-0.15, -0.1) is 0 Å². The SMILES string of the molecule is CC1CC(C(=O)N2CCOCC2C(=O)NC2CC2)CCN1. The fourth-order valence-electron chi connectivity index (χ4n) is 3.20. The van der Waals surface area contributed by atoms with Crippen LogP contribution in [0.3, 0.4) is 0 Å². The minimum Gasteiger partial charge on any atom is -0.377 e. The van der Waals surface area contributed by atoms with Crippen molar-refractivity contribution in [3.05, 3.63) is 0 Å². The average molecular weight is 295 g/mol. The lowest BCUT2D eigenvalue weighted by Crippen LogP contribution is -2.58. The lowest BCUT2D eigenvalue weighted by Gasteiger charge is -2.38. The fourth-order valence-corrected chi connectivity index (χ4v) is 3.20. The number of carbonyl (C=O) groups excluding carboxylic acids is 2. The van der Waals surface area contributed by atoms with Gasteiger partial charge in [-0.3, -0.25) is 9.59 Å². The van der Waals surface area contributed by atoms with Crippen molar-refractivity contribution in [2.75, 3.05) is 26.3 Å². The van der Waals surface area contributed by atoms with Gasteiger partial charge in [0.1, 0.15) is 6.04 Å². The van der Waals surface area contributed by atoms with Crippen molar-refractivity contribution in [3.8, 4) is 0 Å². The number of piperidine rings is 1. The summed E-state index contributed by atoms with van der Waals surface area (Å²) in [5, 5.41) is 6.36. The maximum atomic E-state index is 12.8. The van der Waals surface area contributed by atoms with E-state index in [2.05, 4.69) is 17.6 Å². The van der Waals surface area contributed by atoms with Crippen molar-refractivity contribution in [1.82, 2.24) is 15.5 Å². The van der Waals surface area contributed by atoms with Crippen molar-refractivity contribution in [1.29, 1.82) is 0 Å². The summed E-state index contributed by atoms with van der Waals surface area (Å²) < 4.78 is 5.43. The van der Waals surface area contributed by atoms with E-state index in [1.165, 1.54) is 0 Å². The molecule has 6 nitrogen and oxygen atoms in total. The summed E-state index contributed by atoms with van der Waals surface area (Å²) in [6.45, 7) is 4.36. The van der Waals surface area contributed by atoms with E-state index in [4.69, 9.17) is 4.74 Å². The largest absolute Gasteiger partial charge is 0.377 e. The molecule has 0 aromatic rings. The van der Waals surface area contributed by atoms with Gasteiger partial charge in [0.2, 0.25) is 11.8 Å². The number of nitrogens with one attached hydrogen (secondary N) is 2. The molecule has 3 unspecified atom stereocenters. The Balaban J connectivity index is 1.64. The highest BCUT2D eigenvalue weighted by Crippen LogP contribution is 2.23. The molecule has 1 saturated carbocycles. The Morgan fingerprint density at radius 1 is 1.29 bits per heavy atom. The monoisotopic (exact) mass is 295 g/mol. The topological polar surface area (TPSA) is 70.7 Å². The summed E-state index contributed by atoms with van der Waals surface area (Å²) in [6.07, 6.45) is 3.82. The first-order valence-electron chi connectivity index (χ1n) is 8.07. The molecule has 1 aliphatic carbocycles. The maximum Gasteiger partial charge on any atom is 0.245 e. The van der Waals surface area contributed by atoms with Crippen LogP contribution in [0.2, 0.25) is 0 Å². The molecule has 118 valence electrons. The van der Waals surface area contributed by atoms with E-state index in [0.29, 0.717) is 31.8 Å². The van der Waals surface area contributed by atoms with Crippen LogP contribution in [0.1, 0.15) is 32.6 Å². The van der Waals surface area contributed by atoms with Gasteiger partial charge in [-0.1, -0.05) is 0 Å². The molecule has 0 radical (unpaired) electrons. The van der Waals surface area contributed by atoms with E-state index in [9.17, 15) is 9.59 Å². The van der Waals surface area contributed by atoms with E-state index in [1.807, 2.05) is 0 Å². The molecule has 6 heteroatoms. The predicted molar refractivity (Wildman–Crippen MR) is 77.7 cm³/mol. The quantitative estimate of drug-likeness (QED) is 0.761. The van der Waals surface area contributed by atoms with Crippen molar-refractivity contribution >= 4 is 11.8 Å². The third kappa shape index (κ3) is 3.55. The van der Waals surface area contributed by atoms with Crippen molar-refractivity contribution in [2.24, 2.45) is 5.92 Å². The molecule has 0 bridgehead atoms. The highest BCUT2D eigenvalue weighted by atomic mass is 16.5. The van der Waals surface area contributed by atoms with Crippen LogP contribution in [0.25, 0.3) is 0 Å². The zero-order chi connectivity index (χ0) is 14.8. The average Bonchev–Trinajstić information content (AvgIpc) is 3.30. The Morgan fingerprint density at radius 2 is 2.10 bits per heavy atom. The fraction of sp³-hybridized carbons (Fsp3) is 0.867. The Bertz CT molecular complexity index is 411. The van der Waals surface area contributed by atoms with Crippen molar-refractivity contribution in [2.45, 2.75) is 50.7 Å². The molecular weight excluding hydrogens is 270 g/mol. The molecule has 21 heavy (non-hydrogen) atoms. The Morgan fingerprint density at radius 3 is 2.81 bits per heavy atom. The van der Waals surface area contributed by atoms with Crippen LogP contribution in [0.5, 0.6) is 0 Å². The van der Waals surface area contributed by atoms with Gasteiger partial charge in [0.25, 0.3) is 0 Å². The van der Waals surface area contributed by atoms with Gasteiger partial charge in [0.15, 0.2) is 0 Å². The minimum absolute atomic E-state index is 0.0376. The van der Waals surface area contributed by atoms with Crippen molar-refractivity contribution in [3.63, 3.8) is 0 Å². The molecule has 2 N–H and O–H groups in total. The first kappa shape index (κ1) is 14.8. The number of nitrogens with zero attached hydrogens (tertiary/aromatic N) is 1. The first-order valence-corrected chi connectivity index (χ1v) is 8.07. The molecule has 0 aromatic heterocycles. The maximum absolute atomic E-state index is 12.8. The zero-order valence-corrected chi connectivity index (χ0v) is 12.6. The molecule has 3 atom stereocenters. The van der Waals surface area contributed by atoms with Crippen LogP contribution in [0.4, 0.5) is 0 Å². The third-order valence-electron chi connectivity index (χ3n) is 4.61. The van der Waals surface area contributed by atoms with Gasteiger partial charge >= 0.3 is 0 Å². The molecule has 2 saturated heterocycles. The van der Waals surface area contributed by atoms with Crippen LogP contribution >= 0.6 is 0 Å². The number of ether oxygens (including phenoxy) is 1. The lowest BCUT2D eigenvalue weighted by atomic mass is 9.91. The second-order valence-electron chi connectivity index (χ2n) is 6.48. The summed E-state index contributed by atoms with van der Waals surface area (Å²) in [5.74, 6) is 0.116. The summed E-state index contributed by atoms with van der Waals surface area (Å²) >= 11 is 0. The predicted octanol–water partition coefficient (Wildman–Crippen LogP) is -0.119. The minimum atomic E-state index is -0.447. The van der Waals surface area contributed by atoms with E-state index in [0.717, 1.165) is 32.2 Å². The smallest absolute Gasteiger partial charge is 0.245 e. The summed E-state index contributed by atoms with van der Waals surface area (Å²) in [7, 11) is 0. The summed E-state index contributed by atoms with van der Waals surface area (Å²) in [6, 6.07) is 0.236. The van der Waals surface area contributed by atoms with Crippen LogP contribution in [0, 0.1) is 5.92 Å². The van der Waals surface area contributed by atoms with Gasteiger partial charge < -0.3 is 20.3 Å². The van der Waals surface area contributed by atoms with Gasteiger partial charge in [0, 0.05) is 24.5 Å². The number of morpholine rings is 1. The van der Waals surface area contributed by atoms with E-state index < -0.39 is 6.04 Å². The summed E-state index contributed by atoms with van der Waals surface area (Å²) in [5.41, 5.74) is 0. The highest BCUT2D eigenvalue weighted by molar-refractivity contribution is 5.89. The van der Waals surface area contributed by atoms with Crippen LogP contribution in [-0.4, -0.2) is 61.1 Å². The number of carbonyl (C=O) groups is 2. The molecule has 2 heterocycles. The standard InChI is InChI=1S/C15H25N3O3/c1-10-8-11(4-5-16-10)15(20)18-6-7-21-9-13(18)14(19)17-12-2-3-12/h10-13,16H,2-9H2,1H3,(H,17,19). The van der Waals surface area contributed by atoms with E-state index >= 15 is 0 Å².